The summed E-state index contributed by atoms with van der Waals surface area (Å²) in [5.41, 5.74) is 2.78. The molecule has 0 amide bonds. The minimum atomic E-state index is 0.0930. The van der Waals surface area contributed by atoms with E-state index < -0.39 is 0 Å². The van der Waals surface area contributed by atoms with Gasteiger partial charge in [0.15, 0.2) is 5.65 Å². The molecular formula is C16H19N5O. The first-order valence-electron chi connectivity index (χ1n) is 7.19. The normalized spacial score (nSPS) is 12.7. The van der Waals surface area contributed by atoms with E-state index in [1.807, 2.05) is 51.6 Å². The maximum atomic E-state index is 5.79. The van der Waals surface area contributed by atoms with Crippen molar-refractivity contribution in [1.29, 1.82) is 0 Å². The molecule has 0 aliphatic rings. The molecule has 3 aromatic rings. The molecule has 0 bridgehead atoms. The molecule has 0 spiro atoms. The molecule has 1 unspecified atom stereocenters. The fourth-order valence-corrected chi connectivity index (χ4v) is 2.34. The van der Waals surface area contributed by atoms with E-state index in [9.17, 15) is 0 Å². The van der Waals surface area contributed by atoms with E-state index in [-0.39, 0.29) is 6.10 Å². The van der Waals surface area contributed by atoms with Crippen molar-refractivity contribution in [2.45, 2.75) is 13.0 Å². The van der Waals surface area contributed by atoms with Crippen LogP contribution in [0.15, 0.2) is 43.0 Å². The summed E-state index contributed by atoms with van der Waals surface area (Å²) >= 11 is 0. The summed E-state index contributed by atoms with van der Waals surface area (Å²) in [7, 11) is 4.05. The van der Waals surface area contributed by atoms with E-state index in [0.29, 0.717) is 5.88 Å². The lowest BCUT2D eigenvalue weighted by Gasteiger charge is -2.18. The predicted molar refractivity (Wildman–Crippen MR) is 84.9 cm³/mol. The van der Waals surface area contributed by atoms with E-state index in [0.717, 1.165) is 23.3 Å². The van der Waals surface area contributed by atoms with Gasteiger partial charge in [-0.25, -0.2) is 14.5 Å². The van der Waals surface area contributed by atoms with Crippen molar-refractivity contribution >= 4 is 5.65 Å². The third kappa shape index (κ3) is 3.23. The van der Waals surface area contributed by atoms with Gasteiger partial charge in [-0.2, -0.15) is 5.10 Å². The molecule has 0 N–H and O–H groups in total. The molecular weight excluding hydrogens is 278 g/mol. The Morgan fingerprint density at radius 3 is 2.68 bits per heavy atom. The van der Waals surface area contributed by atoms with E-state index >= 15 is 0 Å². The van der Waals surface area contributed by atoms with Crippen LogP contribution >= 0.6 is 0 Å². The molecule has 6 nitrogen and oxygen atoms in total. The average Bonchev–Trinajstić information content (AvgIpc) is 2.94. The molecule has 22 heavy (non-hydrogen) atoms. The molecule has 3 heterocycles. The molecule has 0 fully saturated rings. The molecule has 114 valence electrons. The van der Waals surface area contributed by atoms with Crippen LogP contribution in [0, 0.1) is 0 Å². The number of hydrogen-bond donors (Lipinski definition) is 0. The first-order valence-corrected chi connectivity index (χ1v) is 7.19. The van der Waals surface area contributed by atoms with Crippen LogP contribution in [-0.4, -0.2) is 51.2 Å². The number of hydrogen-bond acceptors (Lipinski definition) is 5. The zero-order chi connectivity index (χ0) is 15.5. The number of rotatable bonds is 5. The Labute approximate surface area is 129 Å². The number of pyridine rings is 1. The number of fused-ring (bicyclic) bond motifs is 1. The topological polar surface area (TPSA) is 55.5 Å². The zero-order valence-corrected chi connectivity index (χ0v) is 13.0. The number of aromatic nitrogens is 4. The summed E-state index contributed by atoms with van der Waals surface area (Å²) in [6.07, 6.45) is 7.38. The number of ether oxygens (including phenoxy) is 1. The van der Waals surface area contributed by atoms with Crippen LogP contribution in [0.1, 0.15) is 6.92 Å². The summed E-state index contributed by atoms with van der Waals surface area (Å²) in [5.74, 6) is 0.631. The maximum Gasteiger partial charge on any atom is 0.213 e. The maximum absolute atomic E-state index is 5.79. The summed E-state index contributed by atoms with van der Waals surface area (Å²) in [5, 5.41) is 4.19. The van der Waals surface area contributed by atoms with Gasteiger partial charge in [-0.1, -0.05) is 0 Å². The Balaban J connectivity index is 1.75. The van der Waals surface area contributed by atoms with Gasteiger partial charge in [0.25, 0.3) is 0 Å². The van der Waals surface area contributed by atoms with Gasteiger partial charge >= 0.3 is 0 Å². The summed E-state index contributed by atoms with van der Waals surface area (Å²) in [6, 6.07) is 5.73. The SMILES string of the molecule is CC(CN(C)C)Oc1ccc(-c2cnc3ccnn3c2)cn1. The summed E-state index contributed by atoms with van der Waals surface area (Å²) in [6.45, 7) is 2.88. The third-order valence-electron chi connectivity index (χ3n) is 3.26. The highest BCUT2D eigenvalue weighted by molar-refractivity contribution is 5.62. The van der Waals surface area contributed by atoms with Gasteiger partial charge < -0.3 is 9.64 Å². The van der Waals surface area contributed by atoms with Crippen molar-refractivity contribution in [2.75, 3.05) is 20.6 Å². The van der Waals surface area contributed by atoms with Crippen LogP contribution in [0.25, 0.3) is 16.8 Å². The van der Waals surface area contributed by atoms with E-state index in [1.54, 1.807) is 16.9 Å². The molecule has 3 aromatic heterocycles. The first kappa shape index (κ1) is 14.5. The first-order chi connectivity index (χ1) is 10.6. The molecule has 0 saturated heterocycles. The Morgan fingerprint density at radius 1 is 1.14 bits per heavy atom. The van der Waals surface area contributed by atoms with Crippen LogP contribution < -0.4 is 4.74 Å². The average molecular weight is 297 g/mol. The van der Waals surface area contributed by atoms with E-state index in [2.05, 4.69) is 20.0 Å². The fourth-order valence-electron chi connectivity index (χ4n) is 2.34. The number of nitrogens with zero attached hydrogens (tertiary/aromatic N) is 5. The molecule has 6 heteroatoms. The smallest absolute Gasteiger partial charge is 0.213 e. The summed E-state index contributed by atoms with van der Waals surface area (Å²) < 4.78 is 7.54. The standard InChI is InChI=1S/C16H19N5O/c1-12(10-20(2)3)22-16-5-4-13(8-18-16)14-9-17-15-6-7-19-21(15)11-14/h4-9,11-12H,10H2,1-3H3. The van der Waals surface area contributed by atoms with Gasteiger partial charge in [-0.3, -0.25) is 0 Å². The zero-order valence-electron chi connectivity index (χ0n) is 13.0. The van der Waals surface area contributed by atoms with Gasteiger partial charge in [0, 0.05) is 48.4 Å². The van der Waals surface area contributed by atoms with Gasteiger partial charge in [-0.05, 0) is 27.1 Å². The van der Waals surface area contributed by atoms with Crippen molar-refractivity contribution in [3.8, 4) is 17.0 Å². The molecule has 0 aliphatic carbocycles. The highest BCUT2D eigenvalue weighted by Crippen LogP contribution is 2.20. The van der Waals surface area contributed by atoms with Crippen molar-refractivity contribution in [1.82, 2.24) is 24.5 Å². The lowest BCUT2D eigenvalue weighted by Crippen LogP contribution is -2.28. The van der Waals surface area contributed by atoms with Gasteiger partial charge in [0.1, 0.15) is 6.10 Å². The second kappa shape index (κ2) is 6.11. The Morgan fingerprint density at radius 2 is 1.95 bits per heavy atom. The number of likely N-dealkylation sites (N-methyl/N-ethyl adjacent to an activating group) is 1. The monoisotopic (exact) mass is 297 g/mol. The van der Waals surface area contributed by atoms with Crippen LogP contribution in [0.4, 0.5) is 0 Å². The second-order valence-electron chi connectivity index (χ2n) is 5.55. The molecule has 1 atom stereocenters. The summed E-state index contributed by atoms with van der Waals surface area (Å²) in [4.78, 5) is 10.8. The van der Waals surface area contributed by atoms with Crippen molar-refractivity contribution < 1.29 is 4.74 Å². The Hall–Kier alpha value is -2.47. The molecule has 0 aliphatic heterocycles. The van der Waals surface area contributed by atoms with Crippen molar-refractivity contribution in [3.63, 3.8) is 0 Å². The van der Waals surface area contributed by atoms with Gasteiger partial charge in [0.2, 0.25) is 5.88 Å². The quantitative estimate of drug-likeness (QED) is 0.722. The van der Waals surface area contributed by atoms with Crippen molar-refractivity contribution in [2.24, 2.45) is 0 Å². The van der Waals surface area contributed by atoms with Gasteiger partial charge in [0.05, 0.1) is 6.20 Å². The van der Waals surface area contributed by atoms with Crippen molar-refractivity contribution in [3.05, 3.63) is 43.0 Å². The highest BCUT2D eigenvalue weighted by atomic mass is 16.5. The van der Waals surface area contributed by atoms with Crippen LogP contribution in [0.3, 0.4) is 0 Å². The van der Waals surface area contributed by atoms with Gasteiger partial charge in [-0.15, -0.1) is 0 Å². The Kier molecular flexibility index (Phi) is 4.02. The second-order valence-corrected chi connectivity index (χ2v) is 5.55. The lowest BCUT2D eigenvalue weighted by atomic mass is 10.1. The molecule has 3 rings (SSSR count). The minimum Gasteiger partial charge on any atom is -0.473 e. The van der Waals surface area contributed by atoms with E-state index in [4.69, 9.17) is 4.74 Å². The minimum absolute atomic E-state index is 0.0930. The lowest BCUT2D eigenvalue weighted by molar-refractivity contribution is 0.170. The molecule has 0 radical (unpaired) electrons. The van der Waals surface area contributed by atoms with Crippen LogP contribution in [0.2, 0.25) is 0 Å². The Bertz CT molecular complexity index is 751. The fraction of sp³-hybridized carbons (Fsp3) is 0.312. The third-order valence-corrected chi connectivity index (χ3v) is 3.26. The molecule has 0 aromatic carbocycles. The van der Waals surface area contributed by atoms with E-state index in [1.165, 1.54) is 0 Å². The highest BCUT2D eigenvalue weighted by Gasteiger charge is 2.07. The molecule has 0 saturated carbocycles. The van der Waals surface area contributed by atoms with Crippen LogP contribution in [-0.2, 0) is 0 Å². The van der Waals surface area contributed by atoms with Crippen LogP contribution in [0.5, 0.6) is 5.88 Å². The predicted octanol–water partition coefficient (Wildman–Crippen LogP) is 2.12. The largest absolute Gasteiger partial charge is 0.473 e.